The van der Waals surface area contributed by atoms with Crippen LogP contribution in [-0.2, 0) is 0 Å². The van der Waals surface area contributed by atoms with E-state index in [0.29, 0.717) is 0 Å². The van der Waals surface area contributed by atoms with E-state index in [1.54, 1.807) is 0 Å². The van der Waals surface area contributed by atoms with Gasteiger partial charge in [-0.2, -0.15) is 0 Å². The lowest BCUT2D eigenvalue weighted by atomic mass is 9.94. The minimum atomic E-state index is 0.897. The molecule has 0 unspecified atom stereocenters. The van der Waals surface area contributed by atoms with Gasteiger partial charge >= 0.3 is 0 Å². The van der Waals surface area contributed by atoms with Crippen molar-refractivity contribution in [3.05, 3.63) is 70.7 Å². The van der Waals surface area contributed by atoms with Gasteiger partial charge in [0, 0.05) is 15.6 Å². The van der Waals surface area contributed by atoms with Crippen molar-refractivity contribution in [2.45, 2.75) is 6.92 Å². The third kappa shape index (κ3) is 2.07. The van der Waals surface area contributed by atoms with Gasteiger partial charge in [0.05, 0.1) is 0 Å². The van der Waals surface area contributed by atoms with Crippen LogP contribution < -0.4 is 4.74 Å². The third-order valence-electron chi connectivity index (χ3n) is 3.80. The minimum Gasteiger partial charge on any atom is -0.456 e. The van der Waals surface area contributed by atoms with E-state index in [4.69, 9.17) is 4.74 Å². The summed E-state index contributed by atoms with van der Waals surface area (Å²) in [6.07, 6.45) is 0. The summed E-state index contributed by atoms with van der Waals surface area (Å²) in [4.78, 5) is 0. The van der Waals surface area contributed by atoms with Gasteiger partial charge in [0.25, 0.3) is 0 Å². The second-order valence-electron chi connectivity index (χ2n) is 5.29. The predicted molar refractivity (Wildman–Crippen MR) is 89.8 cm³/mol. The highest BCUT2D eigenvalue weighted by Crippen LogP contribution is 2.47. The van der Waals surface area contributed by atoms with E-state index in [0.717, 1.165) is 27.1 Å². The molecule has 0 saturated carbocycles. The largest absolute Gasteiger partial charge is 0.456 e. The SMILES string of the molecule is Cc1ccc2c(c1)-c1ccccc1-c1cc(Br)ccc1O2. The maximum Gasteiger partial charge on any atom is 0.135 e. The van der Waals surface area contributed by atoms with Gasteiger partial charge in [-0.3, -0.25) is 0 Å². The number of hydrogen-bond donors (Lipinski definition) is 0. The Morgan fingerprint density at radius 1 is 0.714 bits per heavy atom. The molecule has 0 bridgehead atoms. The normalized spacial score (nSPS) is 11.7. The lowest BCUT2D eigenvalue weighted by molar-refractivity contribution is 0.487. The molecule has 3 aromatic carbocycles. The zero-order valence-electron chi connectivity index (χ0n) is 11.6. The molecule has 0 aliphatic carbocycles. The van der Waals surface area contributed by atoms with Crippen molar-refractivity contribution < 1.29 is 4.74 Å². The van der Waals surface area contributed by atoms with Gasteiger partial charge in [-0.25, -0.2) is 0 Å². The summed E-state index contributed by atoms with van der Waals surface area (Å²) >= 11 is 3.56. The Hall–Kier alpha value is -2.06. The van der Waals surface area contributed by atoms with Crippen LogP contribution in [-0.4, -0.2) is 0 Å². The zero-order chi connectivity index (χ0) is 14.4. The van der Waals surface area contributed by atoms with Crippen molar-refractivity contribution in [3.8, 4) is 33.8 Å². The molecule has 1 aliphatic rings. The molecule has 0 N–H and O–H groups in total. The van der Waals surface area contributed by atoms with Crippen LogP contribution in [0.5, 0.6) is 11.5 Å². The number of ether oxygens (including phenoxy) is 1. The number of halogens is 1. The van der Waals surface area contributed by atoms with Crippen molar-refractivity contribution in [2.75, 3.05) is 0 Å². The van der Waals surface area contributed by atoms with Crippen LogP contribution in [0.25, 0.3) is 22.3 Å². The highest BCUT2D eigenvalue weighted by atomic mass is 79.9. The summed E-state index contributed by atoms with van der Waals surface area (Å²) in [5.74, 6) is 1.81. The molecular weight excluding hydrogens is 324 g/mol. The lowest BCUT2D eigenvalue weighted by Crippen LogP contribution is -1.86. The number of hydrogen-bond acceptors (Lipinski definition) is 1. The van der Waals surface area contributed by atoms with Crippen LogP contribution in [0.15, 0.2) is 65.1 Å². The maximum atomic E-state index is 6.17. The Labute approximate surface area is 132 Å². The van der Waals surface area contributed by atoms with Crippen LogP contribution in [0.3, 0.4) is 0 Å². The van der Waals surface area contributed by atoms with E-state index < -0.39 is 0 Å². The number of fused-ring (bicyclic) bond motifs is 5. The van der Waals surface area contributed by atoms with E-state index in [-0.39, 0.29) is 0 Å². The Bertz CT molecular complexity index is 781. The quantitative estimate of drug-likeness (QED) is 0.371. The second kappa shape index (κ2) is 4.74. The predicted octanol–water partition coefficient (Wildman–Crippen LogP) is 6.20. The molecule has 102 valence electrons. The van der Waals surface area contributed by atoms with Crippen LogP contribution in [0.2, 0.25) is 0 Å². The van der Waals surface area contributed by atoms with Crippen molar-refractivity contribution in [1.29, 1.82) is 0 Å². The highest BCUT2D eigenvalue weighted by Gasteiger charge is 2.20. The maximum absolute atomic E-state index is 6.17. The second-order valence-corrected chi connectivity index (χ2v) is 6.20. The molecule has 0 aromatic heterocycles. The molecule has 1 aliphatic heterocycles. The standard InChI is InChI=1S/C19H13BrO/c1-12-6-8-18-16(10-12)14-4-2-3-5-15(14)17-11-13(20)7-9-19(17)21-18/h2-11H,1H3. The summed E-state index contributed by atoms with van der Waals surface area (Å²) in [6, 6.07) is 20.9. The van der Waals surface area contributed by atoms with Crippen LogP contribution in [0, 0.1) is 6.92 Å². The molecule has 0 amide bonds. The first kappa shape index (κ1) is 12.7. The fourth-order valence-electron chi connectivity index (χ4n) is 2.82. The van der Waals surface area contributed by atoms with E-state index in [9.17, 15) is 0 Å². The van der Waals surface area contributed by atoms with E-state index >= 15 is 0 Å². The van der Waals surface area contributed by atoms with Gasteiger partial charge in [-0.15, -0.1) is 0 Å². The minimum absolute atomic E-state index is 0.897. The number of benzene rings is 3. The fraction of sp³-hybridized carbons (Fsp3) is 0.0526. The molecule has 21 heavy (non-hydrogen) atoms. The van der Waals surface area contributed by atoms with Crippen LogP contribution >= 0.6 is 15.9 Å². The Balaban J connectivity index is 2.11. The molecule has 1 nitrogen and oxygen atoms in total. The van der Waals surface area contributed by atoms with Crippen molar-refractivity contribution in [1.82, 2.24) is 0 Å². The Morgan fingerprint density at radius 3 is 2.05 bits per heavy atom. The van der Waals surface area contributed by atoms with E-state index in [2.05, 4.69) is 71.4 Å². The van der Waals surface area contributed by atoms with Gasteiger partial charge in [-0.1, -0.05) is 51.8 Å². The number of aryl methyl sites for hydroxylation is 1. The van der Waals surface area contributed by atoms with Gasteiger partial charge in [0.15, 0.2) is 0 Å². The summed E-state index contributed by atoms with van der Waals surface area (Å²) in [6.45, 7) is 2.11. The summed E-state index contributed by atoms with van der Waals surface area (Å²) in [5.41, 5.74) is 5.93. The van der Waals surface area contributed by atoms with Gasteiger partial charge < -0.3 is 4.74 Å². The molecule has 0 spiro atoms. The highest BCUT2D eigenvalue weighted by molar-refractivity contribution is 9.10. The first-order valence-corrected chi connectivity index (χ1v) is 7.69. The summed E-state index contributed by atoms with van der Waals surface area (Å²) in [7, 11) is 0. The molecule has 0 saturated heterocycles. The third-order valence-corrected chi connectivity index (χ3v) is 4.30. The molecule has 0 atom stereocenters. The molecule has 2 heteroatoms. The van der Waals surface area contributed by atoms with Gasteiger partial charge in [0.1, 0.15) is 11.5 Å². The van der Waals surface area contributed by atoms with Gasteiger partial charge in [0.2, 0.25) is 0 Å². The molecule has 1 heterocycles. The van der Waals surface area contributed by atoms with Crippen LogP contribution in [0.1, 0.15) is 5.56 Å². The molecule has 3 aromatic rings. The van der Waals surface area contributed by atoms with Crippen molar-refractivity contribution in [2.24, 2.45) is 0 Å². The summed E-state index contributed by atoms with van der Waals surface area (Å²) in [5, 5.41) is 0. The Kier molecular flexibility index (Phi) is 2.86. The van der Waals surface area contributed by atoms with E-state index in [1.165, 1.54) is 16.7 Å². The average molecular weight is 337 g/mol. The summed E-state index contributed by atoms with van der Waals surface area (Å²) < 4.78 is 7.23. The first-order chi connectivity index (χ1) is 10.2. The molecule has 0 radical (unpaired) electrons. The molecule has 4 rings (SSSR count). The van der Waals surface area contributed by atoms with Crippen molar-refractivity contribution >= 4 is 15.9 Å². The Morgan fingerprint density at radius 2 is 1.33 bits per heavy atom. The number of rotatable bonds is 0. The first-order valence-electron chi connectivity index (χ1n) is 6.90. The fourth-order valence-corrected chi connectivity index (χ4v) is 3.18. The van der Waals surface area contributed by atoms with Gasteiger partial charge in [-0.05, 0) is 48.4 Å². The lowest BCUT2D eigenvalue weighted by Gasteiger charge is -2.09. The van der Waals surface area contributed by atoms with Crippen LogP contribution in [0.4, 0.5) is 0 Å². The topological polar surface area (TPSA) is 9.23 Å². The molecule has 0 fully saturated rings. The van der Waals surface area contributed by atoms with Crippen molar-refractivity contribution in [3.63, 3.8) is 0 Å². The van der Waals surface area contributed by atoms with E-state index in [1.807, 2.05) is 12.1 Å². The average Bonchev–Trinajstić information content (AvgIpc) is 2.63. The smallest absolute Gasteiger partial charge is 0.135 e. The zero-order valence-corrected chi connectivity index (χ0v) is 13.1. The molecular formula is C19H13BrO. The monoisotopic (exact) mass is 336 g/mol.